The van der Waals surface area contributed by atoms with Gasteiger partial charge in [-0.3, -0.25) is 4.79 Å². The van der Waals surface area contributed by atoms with Gasteiger partial charge in [0.15, 0.2) is 0 Å². The zero-order valence-electron chi connectivity index (χ0n) is 7.12. The van der Waals surface area contributed by atoms with E-state index in [2.05, 4.69) is 0 Å². The number of ether oxygens (including phenoxy) is 2. The van der Waals surface area contributed by atoms with Gasteiger partial charge in [-0.1, -0.05) is 0 Å². The average molecular weight is 173 g/mol. The van der Waals surface area contributed by atoms with E-state index in [1.807, 2.05) is 0 Å². The highest BCUT2D eigenvalue weighted by atomic mass is 16.6. The van der Waals surface area contributed by atoms with Crippen LogP contribution in [0.15, 0.2) is 0 Å². The second-order valence-electron chi connectivity index (χ2n) is 2.87. The number of carbonyl (C=O) groups excluding carboxylic acids is 1. The van der Waals surface area contributed by atoms with Crippen molar-refractivity contribution in [3.05, 3.63) is 0 Å². The Hall–Kier alpha value is -0.610. The molecule has 0 aromatic carbocycles. The lowest BCUT2D eigenvalue weighted by atomic mass is 10.3. The molecular formula is C8H15NO3. The maximum atomic E-state index is 11.0. The van der Waals surface area contributed by atoms with Gasteiger partial charge in [0.2, 0.25) is 0 Å². The summed E-state index contributed by atoms with van der Waals surface area (Å²) in [5.74, 6) is -0.157. The topological polar surface area (TPSA) is 61.6 Å². The standard InChI is InChI=1S/C8H15NO3/c9-4-1-2-8(10)12-7-3-5-11-6-7/h7H,1-6,9H2. The number of hydrogen-bond donors (Lipinski definition) is 1. The van der Waals surface area contributed by atoms with Gasteiger partial charge < -0.3 is 15.2 Å². The third kappa shape index (κ3) is 3.19. The van der Waals surface area contributed by atoms with Crippen LogP contribution < -0.4 is 5.73 Å². The first kappa shape index (κ1) is 9.48. The minimum atomic E-state index is -0.157. The molecule has 0 aromatic rings. The number of nitrogens with two attached hydrogens (primary N) is 1. The molecule has 1 atom stereocenters. The lowest BCUT2D eigenvalue weighted by Crippen LogP contribution is -2.18. The Balaban J connectivity index is 2.08. The van der Waals surface area contributed by atoms with Gasteiger partial charge >= 0.3 is 5.97 Å². The zero-order chi connectivity index (χ0) is 8.81. The first-order valence-electron chi connectivity index (χ1n) is 4.30. The van der Waals surface area contributed by atoms with Gasteiger partial charge in [0.25, 0.3) is 0 Å². The van der Waals surface area contributed by atoms with Gasteiger partial charge in [-0.25, -0.2) is 0 Å². The highest BCUT2D eigenvalue weighted by Crippen LogP contribution is 2.09. The van der Waals surface area contributed by atoms with E-state index < -0.39 is 0 Å². The van der Waals surface area contributed by atoms with E-state index in [4.69, 9.17) is 15.2 Å². The van der Waals surface area contributed by atoms with Crippen molar-refractivity contribution in [3.63, 3.8) is 0 Å². The number of esters is 1. The van der Waals surface area contributed by atoms with E-state index >= 15 is 0 Å². The number of hydrogen-bond acceptors (Lipinski definition) is 4. The molecule has 4 nitrogen and oxygen atoms in total. The van der Waals surface area contributed by atoms with E-state index in [1.54, 1.807) is 0 Å². The lowest BCUT2D eigenvalue weighted by Gasteiger charge is -2.08. The Morgan fingerprint density at radius 3 is 3.08 bits per heavy atom. The van der Waals surface area contributed by atoms with Gasteiger partial charge in [0.05, 0.1) is 13.2 Å². The van der Waals surface area contributed by atoms with Gasteiger partial charge in [0, 0.05) is 12.8 Å². The normalized spacial score (nSPS) is 22.6. The van der Waals surface area contributed by atoms with Crippen LogP contribution in [0, 0.1) is 0 Å². The summed E-state index contributed by atoms with van der Waals surface area (Å²) < 4.78 is 10.2. The predicted octanol–water partition coefficient (Wildman–Crippen LogP) is 0.0574. The highest BCUT2D eigenvalue weighted by Gasteiger charge is 2.19. The van der Waals surface area contributed by atoms with Gasteiger partial charge in [-0.05, 0) is 13.0 Å². The first-order valence-corrected chi connectivity index (χ1v) is 4.30. The molecule has 1 aliphatic rings. The quantitative estimate of drug-likeness (QED) is 0.610. The van der Waals surface area contributed by atoms with Crippen molar-refractivity contribution < 1.29 is 14.3 Å². The molecule has 0 spiro atoms. The summed E-state index contributed by atoms with van der Waals surface area (Å²) in [6.45, 7) is 1.79. The molecule has 1 rings (SSSR count). The Bertz CT molecular complexity index is 143. The van der Waals surface area contributed by atoms with E-state index in [1.165, 1.54) is 0 Å². The monoisotopic (exact) mass is 173 g/mol. The van der Waals surface area contributed by atoms with Crippen LogP contribution in [-0.4, -0.2) is 31.8 Å². The van der Waals surface area contributed by atoms with Crippen molar-refractivity contribution in [1.82, 2.24) is 0 Å². The Labute approximate surface area is 72.0 Å². The molecule has 2 N–H and O–H groups in total. The predicted molar refractivity (Wildman–Crippen MR) is 43.6 cm³/mol. The third-order valence-corrected chi connectivity index (χ3v) is 1.77. The molecule has 0 bridgehead atoms. The summed E-state index contributed by atoms with van der Waals surface area (Å²) in [6, 6.07) is 0. The fourth-order valence-corrected chi connectivity index (χ4v) is 1.10. The van der Waals surface area contributed by atoms with Crippen molar-refractivity contribution in [2.45, 2.75) is 25.4 Å². The molecule has 12 heavy (non-hydrogen) atoms. The molecule has 1 unspecified atom stereocenters. The summed E-state index contributed by atoms with van der Waals surface area (Å²) in [4.78, 5) is 11.0. The summed E-state index contributed by atoms with van der Waals surface area (Å²) in [6.07, 6.45) is 1.93. The minimum absolute atomic E-state index is 0.0183. The molecule has 1 heterocycles. The van der Waals surface area contributed by atoms with Crippen LogP contribution in [-0.2, 0) is 14.3 Å². The van der Waals surface area contributed by atoms with Crippen LogP contribution in [0.25, 0.3) is 0 Å². The molecular weight excluding hydrogens is 158 g/mol. The van der Waals surface area contributed by atoms with Crippen LogP contribution >= 0.6 is 0 Å². The summed E-state index contributed by atoms with van der Waals surface area (Å²) in [5, 5.41) is 0. The van der Waals surface area contributed by atoms with Crippen LogP contribution in [0.5, 0.6) is 0 Å². The van der Waals surface area contributed by atoms with Gasteiger partial charge in [-0.15, -0.1) is 0 Å². The van der Waals surface area contributed by atoms with Crippen LogP contribution in [0.3, 0.4) is 0 Å². The Morgan fingerprint density at radius 1 is 1.67 bits per heavy atom. The van der Waals surface area contributed by atoms with Crippen molar-refractivity contribution in [3.8, 4) is 0 Å². The van der Waals surface area contributed by atoms with Crippen LogP contribution in [0.2, 0.25) is 0 Å². The van der Waals surface area contributed by atoms with Crippen molar-refractivity contribution in [2.24, 2.45) is 5.73 Å². The molecule has 4 heteroatoms. The average Bonchev–Trinajstić information content (AvgIpc) is 2.53. The smallest absolute Gasteiger partial charge is 0.306 e. The molecule has 1 aliphatic heterocycles. The van der Waals surface area contributed by atoms with E-state index in [-0.39, 0.29) is 12.1 Å². The highest BCUT2D eigenvalue weighted by molar-refractivity contribution is 5.69. The summed E-state index contributed by atoms with van der Waals surface area (Å²) in [5.41, 5.74) is 5.25. The third-order valence-electron chi connectivity index (χ3n) is 1.77. The molecule has 70 valence electrons. The van der Waals surface area contributed by atoms with Crippen LogP contribution in [0.1, 0.15) is 19.3 Å². The molecule has 1 fully saturated rings. The fourth-order valence-electron chi connectivity index (χ4n) is 1.10. The van der Waals surface area contributed by atoms with Gasteiger partial charge in [0.1, 0.15) is 6.10 Å². The van der Waals surface area contributed by atoms with E-state index in [0.717, 1.165) is 6.42 Å². The van der Waals surface area contributed by atoms with Gasteiger partial charge in [-0.2, -0.15) is 0 Å². The first-order chi connectivity index (χ1) is 5.83. The zero-order valence-corrected chi connectivity index (χ0v) is 7.12. The molecule has 1 saturated heterocycles. The minimum Gasteiger partial charge on any atom is -0.460 e. The van der Waals surface area contributed by atoms with Crippen molar-refractivity contribution in [1.29, 1.82) is 0 Å². The maximum absolute atomic E-state index is 11.0. The second kappa shape index (κ2) is 5.11. The van der Waals surface area contributed by atoms with Crippen molar-refractivity contribution >= 4 is 5.97 Å². The molecule has 0 radical (unpaired) electrons. The van der Waals surface area contributed by atoms with Crippen molar-refractivity contribution in [2.75, 3.05) is 19.8 Å². The largest absolute Gasteiger partial charge is 0.460 e. The fraction of sp³-hybridized carbons (Fsp3) is 0.875. The molecule has 0 amide bonds. The lowest BCUT2D eigenvalue weighted by molar-refractivity contribution is -0.149. The SMILES string of the molecule is NCCCC(=O)OC1CCOC1. The van der Waals surface area contributed by atoms with Crippen LogP contribution in [0.4, 0.5) is 0 Å². The maximum Gasteiger partial charge on any atom is 0.306 e. The molecule has 0 saturated carbocycles. The Kier molecular flexibility index (Phi) is 4.04. The Morgan fingerprint density at radius 2 is 2.50 bits per heavy atom. The molecule has 0 aromatic heterocycles. The second-order valence-corrected chi connectivity index (χ2v) is 2.87. The summed E-state index contributed by atoms with van der Waals surface area (Å²) >= 11 is 0. The number of carbonyl (C=O) groups is 1. The summed E-state index contributed by atoms with van der Waals surface area (Å²) in [7, 11) is 0. The number of rotatable bonds is 4. The molecule has 0 aliphatic carbocycles. The van der Waals surface area contributed by atoms with E-state index in [9.17, 15) is 4.79 Å². The van der Waals surface area contributed by atoms with E-state index in [0.29, 0.717) is 32.6 Å².